The lowest BCUT2D eigenvalue weighted by molar-refractivity contribution is -0.122. The van der Waals surface area contributed by atoms with E-state index >= 15 is 0 Å². The molecule has 186 valence electrons. The molecular weight excluding hydrogens is 442 g/mol. The molecule has 1 amide bonds. The topological polar surface area (TPSA) is 73.9 Å². The molecule has 1 aliphatic heterocycles. The third-order valence-electron chi connectivity index (χ3n) is 6.44. The van der Waals surface area contributed by atoms with Gasteiger partial charge in [-0.15, -0.1) is 0 Å². The van der Waals surface area contributed by atoms with Crippen LogP contribution in [0.4, 0.5) is 0 Å². The molecule has 0 bridgehead atoms. The summed E-state index contributed by atoms with van der Waals surface area (Å²) in [4.78, 5) is 26.1. The van der Waals surface area contributed by atoms with Gasteiger partial charge in [-0.3, -0.25) is 9.59 Å². The summed E-state index contributed by atoms with van der Waals surface area (Å²) < 4.78 is 17.3. The Kier molecular flexibility index (Phi) is 7.79. The number of amides is 1. The summed E-state index contributed by atoms with van der Waals surface area (Å²) >= 11 is 0. The fraction of sp³-hybridized carbons (Fsp3) is 0.448. The van der Waals surface area contributed by atoms with E-state index in [-0.39, 0.29) is 29.9 Å². The van der Waals surface area contributed by atoms with Crippen molar-refractivity contribution in [1.82, 2.24) is 5.32 Å². The first-order valence-corrected chi connectivity index (χ1v) is 12.6. The molecule has 2 atom stereocenters. The standard InChI is InChI=1S/C29H35NO5/c1-5-33-26-12-9-20(15-27(26)34-6-2)23-16-28(32)30-24-13-21(14-25(31)29(23)24)19-7-10-22(11-8-19)35-17-18(3)4/h7-12,15,18,21,23H,5-6,13-14,16-17H2,1-4H3,(H,30,32). The number of Topliss-reactive ketones (excluding diaryl/α,β-unsaturated/α-hetero) is 1. The number of ketones is 1. The van der Waals surface area contributed by atoms with E-state index in [1.807, 2.05) is 56.3 Å². The Bertz CT molecular complexity index is 1100. The molecule has 1 heterocycles. The van der Waals surface area contributed by atoms with Crippen molar-refractivity contribution in [3.63, 3.8) is 0 Å². The van der Waals surface area contributed by atoms with E-state index in [2.05, 4.69) is 19.2 Å². The molecule has 0 radical (unpaired) electrons. The Labute approximate surface area is 207 Å². The highest BCUT2D eigenvalue weighted by Crippen LogP contribution is 2.44. The van der Waals surface area contributed by atoms with Gasteiger partial charge < -0.3 is 19.5 Å². The van der Waals surface area contributed by atoms with Gasteiger partial charge in [0.2, 0.25) is 5.91 Å². The molecule has 6 heteroatoms. The van der Waals surface area contributed by atoms with Crippen LogP contribution in [-0.2, 0) is 9.59 Å². The smallest absolute Gasteiger partial charge is 0.225 e. The maximum absolute atomic E-state index is 13.4. The van der Waals surface area contributed by atoms with Gasteiger partial charge in [-0.1, -0.05) is 32.0 Å². The van der Waals surface area contributed by atoms with Crippen LogP contribution in [-0.4, -0.2) is 31.5 Å². The number of allylic oxidation sites excluding steroid dienone is 2. The Morgan fingerprint density at radius 3 is 2.23 bits per heavy atom. The zero-order valence-corrected chi connectivity index (χ0v) is 21.1. The second kappa shape index (κ2) is 11.0. The van der Waals surface area contributed by atoms with Crippen LogP contribution in [0.3, 0.4) is 0 Å². The lowest BCUT2D eigenvalue weighted by Gasteiger charge is -2.34. The van der Waals surface area contributed by atoms with E-state index in [1.54, 1.807) is 0 Å². The number of carbonyl (C=O) groups excluding carboxylic acids is 2. The molecule has 0 saturated heterocycles. The van der Waals surface area contributed by atoms with Crippen molar-refractivity contribution in [3.8, 4) is 17.2 Å². The van der Waals surface area contributed by atoms with Crippen LogP contribution >= 0.6 is 0 Å². The average molecular weight is 478 g/mol. The second-order valence-electron chi connectivity index (χ2n) is 9.57. The predicted octanol–water partition coefficient (Wildman–Crippen LogP) is 5.52. The third kappa shape index (κ3) is 5.69. The summed E-state index contributed by atoms with van der Waals surface area (Å²) in [5.74, 6) is 2.37. The summed E-state index contributed by atoms with van der Waals surface area (Å²) in [5.41, 5.74) is 3.46. The molecule has 35 heavy (non-hydrogen) atoms. The highest BCUT2D eigenvalue weighted by Gasteiger charge is 2.38. The Hall–Kier alpha value is -3.28. The van der Waals surface area contributed by atoms with Crippen LogP contribution in [0.25, 0.3) is 0 Å². The van der Waals surface area contributed by atoms with Gasteiger partial charge in [-0.25, -0.2) is 0 Å². The number of hydrogen-bond donors (Lipinski definition) is 1. The monoisotopic (exact) mass is 477 g/mol. The van der Waals surface area contributed by atoms with Crippen molar-refractivity contribution < 1.29 is 23.8 Å². The maximum Gasteiger partial charge on any atom is 0.225 e. The highest BCUT2D eigenvalue weighted by molar-refractivity contribution is 6.02. The minimum Gasteiger partial charge on any atom is -0.493 e. The fourth-order valence-corrected chi connectivity index (χ4v) is 4.86. The molecule has 0 aromatic heterocycles. The van der Waals surface area contributed by atoms with E-state index in [0.29, 0.717) is 50.1 Å². The minimum absolute atomic E-state index is 0.0266. The van der Waals surface area contributed by atoms with E-state index in [0.717, 1.165) is 28.1 Å². The third-order valence-corrected chi connectivity index (χ3v) is 6.44. The average Bonchev–Trinajstić information content (AvgIpc) is 2.83. The van der Waals surface area contributed by atoms with Crippen LogP contribution < -0.4 is 19.5 Å². The fourth-order valence-electron chi connectivity index (χ4n) is 4.86. The van der Waals surface area contributed by atoms with Gasteiger partial charge in [0.25, 0.3) is 0 Å². The molecule has 4 rings (SSSR count). The van der Waals surface area contributed by atoms with Gasteiger partial charge in [-0.05, 0) is 67.5 Å². The largest absolute Gasteiger partial charge is 0.493 e. The van der Waals surface area contributed by atoms with Gasteiger partial charge in [0.05, 0.1) is 19.8 Å². The summed E-state index contributed by atoms with van der Waals surface area (Å²) in [6.07, 6.45) is 1.30. The molecule has 2 aromatic carbocycles. The summed E-state index contributed by atoms with van der Waals surface area (Å²) in [6, 6.07) is 13.7. The Balaban J connectivity index is 1.59. The molecular formula is C29H35NO5. The molecule has 6 nitrogen and oxygen atoms in total. The van der Waals surface area contributed by atoms with Gasteiger partial charge in [-0.2, -0.15) is 0 Å². The van der Waals surface area contributed by atoms with Gasteiger partial charge >= 0.3 is 0 Å². The van der Waals surface area contributed by atoms with E-state index < -0.39 is 0 Å². The molecule has 2 unspecified atom stereocenters. The van der Waals surface area contributed by atoms with Crippen LogP contribution in [0.5, 0.6) is 17.2 Å². The van der Waals surface area contributed by atoms with Gasteiger partial charge in [0.1, 0.15) is 5.75 Å². The highest BCUT2D eigenvalue weighted by atomic mass is 16.5. The van der Waals surface area contributed by atoms with Crippen LogP contribution in [0, 0.1) is 5.92 Å². The Morgan fingerprint density at radius 2 is 1.54 bits per heavy atom. The number of hydrogen-bond acceptors (Lipinski definition) is 5. The van der Waals surface area contributed by atoms with Gasteiger partial charge in [0.15, 0.2) is 17.3 Å². The van der Waals surface area contributed by atoms with Crippen molar-refractivity contribution in [2.24, 2.45) is 5.92 Å². The van der Waals surface area contributed by atoms with Crippen molar-refractivity contribution in [2.45, 2.75) is 58.8 Å². The van der Waals surface area contributed by atoms with Crippen LogP contribution in [0.15, 0.2) is 53.7 Å². The number of ether oxygens (including phenoxy) is 3. The number of nitrogens with one attached hydrogen (secondary N) is 1. The molecule has 0 spiro atoms. The lowest BCUT2D eigenvalue weighted by atomic mass is 9.73. The van der Waals surface area contributed by atoms with E-state index in [9.17, 15) is 9.59 Å². The maximum atomic E-state index is 13.4. The molecule has 0 fully saturated rings. The van der Waals surface area contributed by atoms with E-state index in [4.69, 9.17) is 14.2 Å². The minimum atomic E-state index is -0.283. The first kappa shape index (κ1) is 24.8. The van der Waals surface area contributed by atoms with Crippen molar-refractivity contribution >= 4 is 11.7 Å². The van der Waals surface area contributed by atoms with E-state index in [1.165, 1.54) is 0 Å². The van der Waals surface area contributed by atoms with Crippen molar-refractivity contribution in [3.05, 3.63) is 64.9 Å². The number of carbonyl (C=O) groups is 2. The van der Waals surface area contributed by atoms with Crippen LogP contribution in [0.2, 0.25) is 0 Å². The quantitative estimate of drug-likeness (QED) is 0.515. The summed E-state index contributed by atoms with van der Waals surface area (Å²) in [5, 5.41) is 3.00. The zero-order valence-electron chi connectivity index (χ0n) is 21.1. The number of rotatable bonds is 9. The molecule has 2 aliphatic rings. The molecule has 2 aromatic rings. The number of benzene rings is 2. The second-order valence-corrected chi connectivity index (χ2v) is 9.57. The van der Waals surface area contributed by atoms with Crippen molar-refractivity contribution in [1.29, 1.82) is 0 Å². The van der Waals surface area contributed by atoms with Crippen molar-refractivity contribution in [2.75, 3.05) is 19.8 Å². The summed E-state index contributed by atoms with van der Waals surface area (Å²) in [7, 11) is 0. The predicted molar refractivity (Wildman–Crippen MR) is 135 cm³/mol. The Morgan fingerprint density at radius 1 is 0.857 bits per heavy atom. The SMILES string of the molecule is CCOc1ccc(C2CC(=O)NC3=C2C(=O)CC(c2ccc(OCC(C)C)cc2)C3)cc1OCC. The normalized spacial score (nSPS) is 19.9. The first-order valence-electron chi connectivity index (χ1n) is 12.6. The lowest BCUT2D eigenvalue weighted by Crippen LogP contribution is -2.38. The van der Waals surface area contributed by atoms with Gasteiger partial charge in [0, 0.05) is 30.0 Å². The molecule has 1 N–H and O–H groups in total. The molecule has 1 aliphatic carbocycles. The molecule has 0 saturated carbocycles. The first-order chi connectivity index (χ1) is 16.9. The zero-order chi connectivity index (χ0) is 24.9. The van der Waals surface area contributed by atoms with Crippen LogP contribution in [0.1, 0.15) is 69.9 Å². The summed E-state index contributed by atoms with van der Waals surface area (Å²) in [6.45, 7) is 9.78.